The molecule has 1 aromatic rings. The van der Waals surface area contributed by atoms with Gasteiger partial charge in [-0.2, -0.15) is 0 Å². The van der Waals surface area contributed by atoms with Crippen LogP contribution in [0.1, 0.15) is 51.6 Å². The molecule has 1 aromatic carbocycles. The molecular weight excluding hydrogens is 260 g/mol. The van der Waals surface area contributed by atoms with E-state index in [0.717, 1.165) is 18.9 Å². The van der Waals surface area contributed by atoms with Gasteiger partial charge in [-0.15, -0.1) is 0 Å². The Labute approximate surface area is 128 Å². The van der Waals surface area contributed by atoms with Crippen molar-refractivity contribution >= 4 is 0 Å². The third-order valence-electron chi connectivity index (χ3n) is 5.17. The molecule has 3 rings (SSSR count). The van der Waals surface area contributed by atoms with Gasteiger partial charge in [-0.05, 0) is 38.8 Å². The lowest BCUT2D eigenvalue weighted by molar-refractivity contribution is 0.0510. The first-order valence-electron chi connectivity index (χ1n) is 8.48. The van der Waals surface area contributed by atoms with Gasteiger partial charge in [0, 0.05) is 17.6 Å². The lowest BCUT2D eigenvalue weighted by Crippen LogP contribution is -2.54. The minimum atomic E-state index is 0.384. The number of likely N-dealkylation sites (tertiary alicyclic amines) is 1. The van der Waals surface area contributed by atoms with Crippen LogP contribution in [0.5, 0.6) is 5.75 Å². The molecular formula is C18H28N2O. The predicted octanol–water partition coefficient (Wildman–Crippen LogP) is 3.36. The Morgan fingerprint density at radius 1 is 1.24 bits per heavy atom. The summed E-state index contributed by atoms with van der Waals surface area (Å²) in [6, 6.07) is 10.7. The molecule has 21 heavy (non-hydrogen) atoms. The van der Waals surface area contributed by atoms with Crippen LogP contribution in [0.3, 0.4) is 0 Å². The van der Waals surface area contributed by atoms with E-state index in [1.165, 1.54) is 24.8 Å². The summed E-state index contributed by atoms with van der Waals surface area (Å²) in [7, 11) is 0. The fourth-order valence-corrected chi connectivity index (χ4v) is 4.18. The van der Waals surface area contributed by atoms with Gasteiger partial charge in [0.05, 0.1) is 12.1 Å². The van der Waals surface area contributed by atoms with Gasteiger partial charge in [0.15, 0.2) is 0 Å². The van der Waals surface area contributed by atoms with Crippen LogP contribution in [0.25, 0.3) is 0 Å². The normalized spacial score (nSPS) is 32.7. The zero-order valence-electron chi connectivity index (χ0n) is 13.5. The minimum Gasteiger partial charge on any atom is -0.492 e. The van der Waals surface area contributed by atoms with Crippen molar-refractivity contribution in [3.63, 3.8) is 0 Å². The number of nitrogens with one attached hydrogen (secondary N) is 1. The Bertz CT molecular complexity index is 476. The molecule has 0 bridgehead atoms. The molecule has 1 fully saturated rings. The van der Waals surface area contributed by atoms with Crippen LogP contribution in [0.4, 0.5) is 0 Å². The van der Waals surface area contributed by atoms with E-state index in [9.17, 15) is 0 Å². The van der Waals surface area contributed by atoms with E-state index < -0.39 is 0 Å². The predicted molar refractivity (Wildman–Crippen MR) is 86.8 cm³/mol. The van der Waals surface area contributed by atoms with E-state index in [1.807, 2.05) is 0 Å². The van der Waals surface area contributed by atoms with Crippen molar-refractivity contribution in [3.05, 3.63) is 29.8 Å². The van der Waals surface area contributed by atoms with Crippen LogP contribution < -0.4 is 10.1 Å². The zero-order chi connectivity index (χ0) is 14.8. The Morgan fingerprint density at radius 3 is 2.81 bits per heavy atom. The Morgan fingerprint density at radius 2 is 2.05 bits per heavy atom. The number of fused-ring (bicyclic) bond motifs is 1. The van der Waals surface area contributed by atoms with Crippen LogP contribution in [0.2, 0.25) is 0 Å². The highest BCUT2D eigenvalue weighted by Crippen LogP contribution is 2.39. The van der Waals surface area contributed by atoms with Crippen LogP contribution in [0, 0.1) is 0 Å². The number of ether oxygens (including phenoxy) is 1. The highest BCUT2D eigenvalue weighted by molar-refractivity contribution is 5.39. The highest BCUT2D eigenvalue weighted by Gasteiger charge is 2.41. The first-order chi connectivity index (χ1) is 10.3. The molecule has 2 aliphatic heterocycles. The summed E-state index contributed by atoms with van der Waals surface area (Å²) < 4.78 is 6.08. The van der Waals surface area contributed by atoms with Crippen LogP contribution >= 0.6 is 0 Å². The van der Waals surface area contributed by atoms with Gasteiger partial charge in [0.25, 0.3) is 0 Å². The average molecular weight is 288 g/mol. The number of para-hydroxylation sites is 1. The minimum absolute atomic E-state index is 0.384. The topological polar surface area (TPSA) is 24.5 Å². The third-order valence-corrected chi connectivity index (χ3v) is 5.17. The number of hydrogen-bond donors (Lipinski definition) is 1. The second-order valence-corrected chi connectivity index (χ2v) is 6.39. The van der Waals surface area contributed by atoms with E-state index in [1.54, 1.807) is 0 Å². The molecule has 0 aromatic heterocycles. The van der Waals surface area contributed by atoms with Crippen molar-refractivity contribution in [2.45, 2.75) is 64.2 Å². The molecule has 3 heteroatoms. The number of nitrogens with zero attached hydrogens (tertiary/aromatic N) is 1. The molecule has 1 saturated heterocycles. The maximum absolute atomic E-state index is 6.08. The molecule has 0 aliphatic carbocycles. The van der Waals surface area contributed by atoms with E-state index in [2.05, 4.69) is 55.3 Å². The SMILES string of the molecule is CCNC1c2ccccc2OCC1N1C(C)CCC1CC. The van der Waals surface area contributed by atoms with Crippen molar-refractivity contribution in [2.75, 3.05) is 13.2 Å². The number of hydrogen-bond acceptors (Lipinski definition) is 3. The Kier molecular flexibility index (Phi) is 4.51. The van der Waals surface area contributed by atoms with Crippen LogP contribution in [-0.4, -0.2) is 36.2 Å². The fraction of sp³-hybridized carbons (Fsp3) is 0.667. The molecule has 3 nitrogen and oxygen atoms in total. The number of likely N-dealkylation sites (N-methyl/N-ethyl adjacent to an activating group) is 1. The third kappa shape index (κ3) is 2.69. The van der Waals surface area contributed by atoms with E-state index >= 15 is 0 Å². The quantitative estimate of drug-likeness (QED) is 0.919. The summed E-state index contributed by atoms with van der Waals surface area (Å²) in [6.07, 6.45) is 3.88. The molecule has 116 valence electrons. The largest absolute Gasteiger partial charge is 0.492 e. The maximum atomic E-state index is 6.08. The van der Waals surface area contributed by atoms with Crippen molar-refractivity contribution < 1.29 is 4.74 Å². The first-order valence-corrected chi connectivity index (χ1v) is 8.48. The Balaban J connectivity index is 1.91. The molecule has 0 amide bonds. The summed E-state index contributed by atoms with van der Waals surface area (Å²) in [6.45, 7) is 8.68. The monoisotopic (exact) mass is 288 g/mol. The standard InChI is InChI=1S/C18H28N2O/c1-4-14-11-10-13(3)20(14)16-12-21-17-9-7-6-8-15(17)18(16)19-5-2/h6-9,13-14,16,18-19H,4-5,10-12H2,1-3H3. The van der Waals surface area contributed by atoms with E-state index in [-0.39, 0.29) is 0 Å². The van der Waals surface area contributed by atoms with Crippen molar-refractivity contribution in [3.8, 4) is 5.75 Å². The molecule has 0 radical (unpaired) electrons. The molecule has 4 unspecified atom stereocenters. The van der Waals surface area contributed by atoms with Gasteiger partial charge in [-0.3, -0.25) is 4.90 Å². The van der Waals surface area contributed by atoms with Gasteiger partial charge in [-0.1, -0.05) is 32.0 Å². The van der Waals surface area contributed by atoms with E-state index in [4.69, 9.17) is 4.74 Å². The van der Waals surface area contributed by atoms with Gasteiger partial charge in [0.1, 0.15) is 12.4 Å². The number of rotatable bonds is 4. The van der Waals surface area contributed by atoms with Gasteiger partial charge in [0.2, 0.25) is 0 Å². The summed E-state index contributed by atoms with van der Waals surface area (Å²) in [5.41, 5.74) is 1.32. The smallest absolute Gasteiger partial charge is 0.124 e. The van der Waals surface area contributed by atoms with Crippen molar-refractivity contribution in [1.82, 2.24) is 10.2 Å². The molecule has 0 saturated carbocycles. The van der Waals surface area contributed by atoms with Gasteiger partial charge >= 0.3 is 0 Å². The molecule has 2 aliphatic rings. The van der Waals surface area contributed by atoms with Crippen LogP contribution in [0.15, 0.2) is 24.3 Å². The maximum Gasteiger partial charge on any atom is 0.124 e. The molecule has 4 atom stereocenters. The zero-order valence-corrected chi connectivity index (χ0v) is 13.5. The lowest BCUT2D eigenvalue weighted by Gasteiger charge is -2.43. The second kappa shape index (κ2) is 6.37. The van der Waals surface area contributed by atoms with Crippen LogP contribution in [-0.2, 0) is 0 Å². The Hall–Kier alpha value is -1.06. The van der Waals surface area contributed by atoms with Gasteiger partial charge in [-0.25, -0.2) is 0 Å². The first kappa shape index (κ1) is 14.9. The lowest BCUT2D eigenvalue weighted by atomic mass is 9.93. The summed E-state index contributed by atoms with van der Waals surface area (Å²) in [4.78, 5) is 2.73. The average Bonchev–Trinajstić information content (AvgIpc) is 2.89. The highest BCUT2D eigenvalue weighted by atomic mass is 16.5. The second-order valence-electron chi connectivity index (χ2n) is 6.39. The summed E-state index contributed by atoms with van der Waals surface area (Å²) in [5.74, 6) is 1.06. The fourth-order valence-electron chi connectivity index (χ4n) is 4.18. The van der Waals surface area contributed by atoms with Crippen molar-refractivity contribution in [1.29, 1.82) is 0 Å². The van der Waals surface area contributed by atoms with E-state index in [0.29, 0.717) is 24.2 Å². The molecule has 0 spiro atoms. The van der Waals surface area contributed by atoms with Gasteiger partial charge < -0.3 is 10.1 Å². The molecule has 1 N–H and O–H groups in total. The van der Waals surface area contributed by atoms with Crippen molar-refractivity contribution in [2.24, 2.45) is 0 Å². The summed E-state index contributed by atoms with van der Waals surface area (Å²) in [5, 5.41) is 3.71. The molecule has 2 heterocycles. The summed E-state index contributed by atoms with van der Waals surface area (Å²) >= 11 is 0. The number of benzene rings is 1.